The van der Waals surface area contributed by atoms with E-state index in [1.807, 2.05) is 30.0 Å². The van der Waals surface area contributed by atoms with E-state index in [1.54, 1.807) is 0 Å². The molecule has 1 atom stereocenters. The number of benzene rings is 2. The molecule has 1 aliphatic rings. The van der Waals surface area contributed by atoms with E-state index in [1.165, 1.54) is 11.1 Å². The summed E-state index contributed by atoms with van der Waals surface area (Å²) in [5.74, 6) is 0.581. The Balaban J connectivity index is 1.75. The van der Waals surface area contributed by atoms with Gasteiger partial charge in [0, 0.05) is 24.3 Å². The number of nitrogens with zero attached hydrogens (tertiary/aromatic N) is 1. The van der Waals surface area contributed by atoms with E-state index in [-0.39, 0.29) is 11.9 Å². The van der Waals surface area contributed by atoms with E-state index >= 15 is 0 Å². The molecule has 148 valence electrons. The van der Waals surface area contributed by atoms with Crippen molar-refractivity contribution in [3.05, 3.63) is 59.2 Å². The van der Waals surface area contributed by atoms with Crippen LogP contribution in [0.2, 0.25) is 0 Å². The predicted octanol–water partition coefficient (Wildman–Crippen LogP) is 5.11. The van der Waals surface area contributed by atoms with Crippen molar-refractivity contribution in [1.82, 2.24) is 5.32 Å². The third kappa shape index (κ3) is 4.53. The second-order valence-electron chi connectivity index (χ2n) is 7.83. The van der Waals surface area contributed by atoms with Crippen molar-refractivity contribution in [1.29, 1.82) is 0 Å². The van der Waals surface area contributed by atoms with Crippen molar-refractivity contribution in [3.8, 4) is 0 Å². The van der Waals surface area contributed by atoms with Crippen LogP contribution in [0.25, 0.3) is 0 Å². The lowest BCUT2D eigenvalue weighted by Gasteiger charge is -2.26. The van der Waals surface area contributed by atoms with Gasteiger partial charge in [-0.05, 0) is 67.2 Å². The summed E-state index contributed by atoms with van der Waals surface area (Å²) in [5.41, 5.74) is 5.47. The Morgan fingerprint density at radius 2 is 1.86 bits per heavy atom. The zero-order valence-electron chi connectivity index (χ0n) is 17.1. The molecule has 3 rings (SSSR count). The zero-order chi connectivity index (χ0) is 20.3. The van der Waals surface area contributed by atoms with Crippen molar-refractivity contribution in [2.24, 2.45) is 5.92 Å². The Hall–Kier alpha value is -2.40. The summed E-state index contributed by atoms with van der Waals surface area (Å²) < 4.78 is 0. The second-order valence-corrected chi connectivity index (χ2v) is 8.24. The monoisotopic (exact) mass is 395 g/mol. The highest BCUT2D eigenvalue weighted by atomic mass is 32.1. The van der Waals surface area contributed by atoms with Crippen LogP contribution in [-0.4, -0.2) is 17.6 Å². The molecule has 0 unspecified atom stereocenters. The first-order valence-electron chi connectivity index (χ1n) is 9.91. The van der Waals surface area contributed by atoms with E-state index in [9.17, 15) is 4.79 Å². The van der Waals surface area contributed by atoms with Crippen LogP contribution in [0.3, 0.4) is 0 Å². The topological polar surface area (TPSA) is 44.4 Å². The Morgan fingerprint density at radius 3 is 2.50 bits per heavy atom. The van der Waals surface area contributed by atoms with Gasteiger partial charge in [0.2, 0.25) is 5.91 Å². The maximum atomic E-state index is 12.1. The fraction of sp³-hybridized carbons (Fsp3) is 0.391. The van der Waals surface area contributed by atoms with Gasteiger partial charge in [-0.25, -0.2) is 0 Å². The highest BCUT2D eigenvalue weighted by Gasteiger charge is 2.23. The molecular weight excluding hydrogens is 366 g/mol. The molecule has 0 radical (unpaired) electrons. The predicted molar refractivity (Wildman–Crippen MR) is 121 cm³/mol. The summed E-state index contributed by atoms with van der Waals surface area (Å²) in [6.45, 7) is 9.33. The van der Waals surface area contributed by atoms with E-state index in [4.69, 9.17) is 12.2 Å². The molecule has 0 aliphatic carbocycles. The van der Waals surface area contributed by atoms with Crippen LogP contribution >= 0.6 is 12.2 Å². The molecule has 2 aromatic carbocycles. The van der Waals surface area contributed by atoms with Crippen LogP contribution in [0.1, 0.15) is 49.4 Å². The number of anilines is 2. The molecule has 0 bridgehead atoms. The van der Waals surface area contributed by atoms with Crippen molar-refractivity contribution in [2.45, 2.75) is 46.6 Å². The van der Waals surface area contributed by atoms with Gasteiger partial charge in [-0.1, -0.05) is 44.2 Å². The van der Waals surface area contributed by atoms with Gasteiger partial charge >= 0.3 is 0 Å². The molecule has 0 saturated carbocycles. The van der Waals surface area contributed by atoms with Crippen LogP contribution in [0.4, 0.5) is 11.4 Å². The summed E-state index contributed by atoms with van der Waals surface area (Å²) in [4.78, 5) is 14.0. The average Bonchev–Trinajstić information content (AvgIpc) is 3.07. The summed E-state index contributed by atoms with van der Waals surface area (Å²) in [6, 6.07) is 14.6. The number of carbonyl (C=O) groups is 1. The molecule has 1 saturated heterocycles. The maximum absolute atomic E-state index is 12.1. The van der Waals surface area contributed by atoms with Crippen LogP contribution in [-0.2, 0) is 4.79 Å². The minimum absolute atomic E-state index is 0.131. The number of hydrogen-bond acceptors (Lipinski definition) is 2. The molecule has 1 aliphatic heterocycles. The van der Waals surface area contributed by atoms with Crippen LogP contribution < -0.4 is 15.5 Å². The molecular formula is C23H29N3OS. The molecule has 0 aromatic heterocycles. The first kappa shape index (κ1) is 20.3. The molecule has 4 nitrogen and oxygen atoms in total. The number of carbonyl (C=O) groups excluding carboxylic acids is 1. The molecule has 1 heterocycles. The highest BCUT2D eigenvalue weighted by Crippen LogP contribution is 2.29. The second kappa shape index (κ2) is 8.74. The third-order valence-electron chi connectivity index (χ3n) is 5.31. The van der Waals surface area contributed by atoms with Gasteiger partial charge in [0.25, 0.3) is 0 Å². The SMILES string of the molecule is Cc1ccccc1[C@@H](NC(=S)Nc1ccc(C)c(N2CCCC2=O)c1)C(C)C. The van der Waals surface area contributed by atoms with E-state index in [0.717, 1.165) is 29.9 Å². The summed E-state index contributed by atoms with van der Waals surface area (Å²) >= 11 is 5.61. The number of thiocarbonyl (C=S) groups is 1. The number of nitrogens with one attached hydrogen (secondary N) is 2. The van der Waals surface area contributed by atoms with Crippen LogP contribution in [0, 0.1) is 19.8 Å². The van der Waals surface area contributed by atoms with E-state index < -0.39 is 0 Å². The Morgan fingerprint density at radius 1 is 1.11 bits per heavy atom. The third-order valence-corrected chi connectivity index (χ3v) is 5.53. The van der Waals surface area contributed by atoms with E-state index in [2.05, 4.69) is 55.7 Å². The largest absolute Gasteiger partial charge is 0.355 e. The summed E-state index contributed by atoms with van der Waals surface area (Å²) in [7, 11) is 0. The van der Waals surface area contributed by atoms with Gasteiger partial charge in [-0.15, -0.1) is 0 Å². The average molecular weight is 396 g/mol. The standard InChI is InChI=1S/C23H29N3OS/c1-15(2)22(19-9-6-5-8-16(19)3)25-23(28)24-18-12-11-17(4)20(14-18)26-13-7-10-21(26)27/h5-6,8-9,11-12,14-15,22H,7,10,13H2,1-4H3,(H2,24,25,28)/t22-/m0/s1. The molecule has 2 aromatic rings. The van der Waals surface area contributed by atoms with Gasteiger partial charge in [-0.3, -0.25) is 4.79 Å². The number of hydrogen-bond donors (Lipinski definition) is 2. The van der Waals surface area contributed by atoms with Gasteiger partial charge in [0.1, 0.15) is 0 Å². The highest BCUT2D eigenvalue weighted by molar-refractivity contribution is 7.80. The minimum atomic E-state index is 0.131. The van der Waals surface area contributed by atoms with Crippen LogP contribution in [0.5, 0.6) is 0 Å². The molecule has 1 fully saturated rings. The summed E-state index contributed by atoms with van der Waals surface area (Å²) in [6.07, 6.45) is 1.55. The normalized spacial score (nSPS) is 15.0. The first-order valence-corrected chi connectivity index (χ1v) is 10.3. The van der Waals surface area contributed by atoms with Gasteiger partial charge in [-0.2, -0.15) is 0 Å². The number of amides is 1. The van der Waals surface area contributed by atoms with E-state index in [0.29, 0.717) is 17.5 Å². The Labute approximate surface area is 173 Å². The Bertz CT molecular complexity index is 878. The molecule has 2 N–H and O–H groups in total. The maximum Gasteiger partial charge on any atom is 0.227 e. The zero-order valence-corrected chi connectivity index (χ0v) is 17.9. The molecule has 28 heavy (non-hydrogen) atoms. The van der Waals surface area contributed by atoms with Crippen molar-refractivity contribution in [2.75, 3.05) is 16.8 Å². The number of aryl methyl sites for hydroxylation is 2. The van der Waals surface area contributed by atoms with Crippen molar-refractivity contribution >= 4 is 34.6 Å². The minimum Gasteiger partial charge on any atom is -0.355 e. The van der Waals surface area contributed by atoms with Gasteiger partial charge in [0.15, 0.2) is 5.11 Å². The lowest BCUT2D eigenvalue weighted by molar-refractivity contribution is -0.117. The lowest BCUT2D eigenvalue weighted by atomic mass is 9.93. The van der Waals surface area contributed by atoms with Gasteiger partial charge < -0.3 is 15.5 Å². The Kier molecular flexibility index (Phi) is 6.35. The quantitative estimate of drug-likeness (QED) is 0.690. The molecule has 0 spiro atoms. The fourth-order valence-electron chi connectivity index (χ4n) is 3.73. The lowest BCUT2D eigenvalue weighted by Crippen LogP contribution is -2.35. The van der Waals surface area contributed by atoms with Crippen molar-refractivity contribution in [3.63, 3.8) is 0 Å². The number of rotatable bonds is 5. The molecule has 1 amide bonds. The van der Waals surface area contributed by atoms with Crippen LogP contribution in [0.15, 0.2) is 42.5 Å². The first-order chi connectivity index (χ1) is 13.4. The van der Waals surface area contributed by atoms with Gasteiger partial charge in [0.05, 0.1) is 6.04 Å². The molecule has 5 heteroatoms. The smallest absolute Gasteiger partial charge is 0.227 e. The fourth-order valence-corrected chi connectivity index (χ4v) is 3.97. The summed E-state index contributed by atoms with van der Waals surface area (Å²) in [5, 5.41) is 7.37. The van der Waals surface area contributed by atoms with Crippen molar-refractivity contribution < 1.29 is 4.79 Å².